The summed E-state index contributed by atoms with van der Waals surface area (Å²) in [7, 11) is -3.32. The molecular formula is C13H20N2O4S. The fourth-order valence-electron chi connectivity index (χ4n) is 1.49. The number of anilines is 1. The molecule has 0 bridgehead atoms. The molecule has 0 fully saturated rings. The third-order valence-electron chi connectivity index (χ3n) is 2.95. The lowest BCUT2D eigenvalue weighted by Gasteiger charge is -2.19. The summed E-state index contributed by atoms with van der Waals surface area (Å²) in [5.74, 6) is -0.297. The molecule has 0 radical (unpaired) electrons. The second kappa shape index (κ2) is 6.71. The summed E-state index contributed by atoms with van der Waals surface area (Å²) in [5, 5.41) is 11.8. The van der Waals surface area contributed by atoms with E-state index in [2.05, 4.69) is 10.0 Å². The number of benzene rings is 1. The largest absolute Gasteiger partial charge is 0.396 e. The Kier molecular flexibility index (Phi) is 5.52. The summed E-state index contributed by atoms with van der Waals surface area (Å²) < 4.78 is 24.4. The van der Waals surface area contributed by atoms with E-state index in [0.717, 1.165) is 6.26 Å². The zero-order chi connectivity index (χ0) is 15.3. The van der Waals surface area contributed by atoms with E-state index in [9.17, 15) is 13.2 Å². The number of sulfonamides is 1. The molecule has 112 valence electrons. The van der Waals surface area contributed by atoms with Crippen molar-refractivity contribution in [2.24, 2.45) is 5.92 Å². The Hall–Kier alpha value is -1.60. The molecule has 0 aliphatic carbocycles. The van der Waals surface area contributed by atoms with E-state index in [-0.39, 0.29) is 24.5 Å². The highest BCUT2D eigenvalue weighted by atomic mass is 32.2. The van der Waals surface area contributed by atoms with Crippen LogP contribution in [0.4, 0.5) is 5.69 Å². The van der Waals surface area contributed by atoms with Crippen LogP contribution in [0.2, 0.25) is 0 Å². The van der Waals surface area contributed by atoms with E-state index >= 15 is 0 Å². The van der Waals surface area contributed by atoms with Gasteiger partial charge >= 0.3 is 0 Å². The van der Waals surface area contributed by atoms with Gasteiger partial charge in [-0.2, -0.15) is 0 Å². The SMILES string of the molecule is CC(CO)C(C)NC(=O)c1ccc(NS(C)(=O)=O)cc1. The summed E-state index contributed by atoms with van der Waals surface area (Å²) >= 11 is 0. The highest BCUT2D eigenvalue weighted by Gasteiger charge is 2.15. The van der Waals surface area contributed by atoms with Crippen LogP contribution in [0.1, 0.15) is 24.2 Å². The first-order valence-corrected chi connectivity index (χ1v) is 8.11. The van der Waals surface area contributed by atoms with Crippen LogP contribution in [0.3, 0.4) is 0 Å². The standard InChI is InChI=1S/C13H20N2O4S/c1-9(8-16)10(2)14-13(17)11-4-6-12(7-5-11)15-20(3,18)19/h4-7,9-10,15-16H,8H2,1-3H3,(H,14,17). The van der Waals surface area contributed by atoms with E-state index in [0.29, 0.717) is 11.3 Å². The second-order valence-electron chi connectivity index (χ2n) is 4.87. The highest BCUT2D eigenvalue weighted by Crippen LogP contribution is 2.11. The lowest BCUT2D eigenvalue weighted by molar-refractivity contribution is 0.0916. The predicted molar refractivity (Wildman–Crippen MR) is 78.1 cm³/mol. The molecule has 0 heterocycles. The molecular weight excluding hydrogens is 280 g/mol. The maximum absolute atomic E-state index is 11.9. The number of aliphatic hydroxyl groups excluding tert-OH is 1. The predicted octanol–water partition coefficient (Wildman–Crippen LogP) is 0.805. The topological polar surface area (TPSA) is 95.5 Å². The number of rotatable bonds is 6. The lowest BCUT2D eigenvalue weighted by Crippen LogP contribution is -2.38. The van der Waals surface area contributed by atoms with Crippen molar-refractivity contribution in [2.45, 2.75) is 19.9 Å². The number of carbonyl (C=O) groups excluding carboxylic acids is 1. The minimum absolute atomic E-state index is 0.00133. The molecule has 6 nitrogen and oxygen atoms in total. The Labute approximate surface area is 119 Å². The number of hydrogen-bond acceptors (Lipinski definition) is 4. The van der Waals surface area contributed by atoms with Crippen LogP contribution >= 0.6 is 0 Å². The highest BCUT2D eigenvalue weighted by molar-refractivity contribution is 7.92. The number of hydrogen-bond donors (Lipinski definition) is 3. The summed E-state index contributed by atoms with van der Waals surface area (Å²) in [6.45, 7) is 3.65. The fraction of sp³-hybridized carbons (Fsp3) is 0.462. The maximum Gasteiger partial charge on any atom is 0.251 e. The Morgan fingerprint density at radius 1 is 1.25 bits per heavy atom. The molecule has 0 saturated carbocycles. The van der Waals surface area contributed by atoms with E-state index in [1.807, 2.05) is 13.8 Å². The normalized spacial score (nSPS) is 14.4. The van der Waals surface area contributed by atoms with Crippen LogP contribution in [0.15, 0.2) is 24.3 Å². The number of nitrogens with one attached hydrogen (secondary N) is 2. The van der Waals surface area contributed by atoms with E-state index in [4.69, 9.17) is 5.11 Å². The van der Waals surface area contributed by atoms with Crippen molar-refractivity contribution >= 4 is 21.6 Å². The Morgan fingerprint density at radius 3 is 2.25 bits per heavy atom. The van der Waals surface area contributed by atoms with Crippen LogP contribution in [0, 0.1) is 5.92 Å². The van der Waals surface area contributed by atoms with Crippen molar-refractivity contribution < 1.29 is 18.3 Å². The first-order valence-electron chi connectivity index (χ1n) is 6.22. The molecule has 2 unspecified atom stereocenters. The van der Waals surface area contributed by atoms with Crippen LogP contribution in [0.5, 0.6) is 0 Å². The lowest BCUT2D eigenvalue weighted by atomic mass is 10.0. The van der Waals surface area contributed by atoms with Gasteiger partial charge in [-0.1, -0.05) is 6.92 Å². The van der Waals surface area contributed by atoms with Gasteiger partial charge in [0.2, 0.25) is 10.0 Å². The van der Waals surface area contributed by atoms with Crippen molar-refractivity contribution in [2.75, 3.05) is 17.6 Å². The van der Waals surface area contributed by atoms with Crippen molar-refractivity contribution in [3.63, 3.8) is 0 Å². The molecule has 0 aliphatic heterocycles. The molecule has 3 N–H and O–H groups in total. The van der Waals surface area contributed by atoms with Gasteiger partial charge in [0.1, 0.15) is 0 Å². The summed E-state index contributed by atoms with van der Waals surface area (Å²) in [6.07, 6.45) is 1.06. The van der Waals surface area contributed by atoms with E-state index in [1.165, 1.54) is 12.1 Å². The second-order valence-corrected chi connectivity index (χ2v) is 6.62. The van der Waals surface area contributed by atoms with Crippen LogP contribution in [-0.2, 0) is 10.0 Å². The molecule has 1 amide bonds. The minimum atomic E-state index is -3.32. The van der Waals surface area contributed by atoms with Gasteiger partial charge in [-0.25, -0.2) is 8.42 Å². The summed E-state index contributed by atoms with van der Waals surface area (Å²) in [4.78, 5) is 11.9. The quantitative estimate of drug-likeness (QED) is 0.724. The molecule has 0 spiro atoms. The van der Waals surface area contributed by atoms with Crippen molar-refractivity contribution in [3.05, 3.63) is 29.8 Å². The molecule has 0 saturated heterocycles. The smallest absolute Gasteiger partial charge is 0.251 e. The Bertz CT molecular complexity index is 554. The van der Waals surface area contributed by atoms with Gasteiger partial charge < -0.3 is 10.4 Å². The van der Waals surface area contributed by atoms with Crippen molar-refractivity contribution in [3.8, 4) is 0 Å². The first kappa shape index (κ1) is 16.5. The number of carbonyl (C=O) groups is 1. The third-order valence-corrected chi connectivity index (χ3v) is 3.56. The summed E-state index contributed by atoms with van der Waals surface area (Å²) in [5.41, 5.74) is 0.835. The van der Waals surface area contributed by atoms with Crippen LogP contribution in [-0.4, -0.2) is 38.3 Å². The van der Waals surface area contributed by atoms with Gasteiger partial charge in [-0.05, 0) is 37.1 Å². The molecule has 1 aromatic rings. The van der Waals surface area contributed by atoms with Gasteiger partial charge in [0, 0.05) is 23.9 Å². The molecule has 1 aromatic carbocycles. The molecule has 7 heteroatoms. The van der Waals surface area contributed by atoms with Gasteiger partial charge in [0.15, 0.2) is 0 Å². The maximum atomic E-state index is 11.9. The fourth-order valence-corrected chi connectivity index (χ4v) is 2.06. The molecule has 2 atom stereocenters. The summed E-state index contributed by atoms with van der Waals surface area (Å²) in [6, 6.07) is 5.98. The average Bonchev–Trinajstić information content (AvgIpc) is 2.36. The van der Waals surface area contributed by atoms with Gasteiger partial charge in [0.25, 0.3) is 5.91 Å². The zero-order valence-electron chi connectivity index (χ0n) is 11.8. The van der Waals surface area contributed by atoms with Crippen molar-refractivity contribution in [1.29, 1.82) is 0 Å². The van der Waals surface area contributed by atoms with Gasteiger partial charge in [-0.15, -0.1) is 0 Å². The van der Waals surface area contributed by atoms with Crippen LogP contribution < -0.4 is 10.0 Å². The molecule has 0 aliphatic rings. The Morgan fingerprint density at radius 2 is 1.80 bits per heavy atom. The molecule has 20 heavy (non-hydrogen) atoms. The molecule has 0 aromatic heterocycles. The first-order chi connectivity index (χ1) is 9.23. The van der Waals surface area contributed by atoms with Crippen LogP contribution in [0.25, 0.3) is 0 Å². The monoisotopic (exact) mass is 300 g/mol. The number of aliphatic hydroxyl groups is 1. The van der Waals surface area contributed by atoms with Gasteiger partial charge in [0.05, 0.1) is 6.26 Å². The average molecular weight is 300 g/mol. The van der Waals surface area contributed by atoms with E-state index in [1.54, 1.807) is 12.1 Å². The third kappa shape index (κ3) is 5.18. The number of amides is 1. The van der Waals surface area contributed by atoms with Gasteiger partial charge in [-0.3, -0.25) is 9.52 Å². The van der Waals surface area contributed by atoms with Crippen molar-refractivity contribution in [1.82, 2.24) is 5.32 Å². The minimum Gasteiger partial charge on any atom is -0.396 e. The molecule has 1 rings (SSSR count). The van der Waals surface area contributed by atoms with E-state index < -0.39 is 10.0 Å². The Balaban J connectivity index is 2.71. The zero-order valence-corrected chi connectivity index (χ0v) is 12.6.